The third kappa shape index (κ3) is 5.94. The molecule has 12 aromatic rings. The summed E-state index contributed by atoms with van der Waals surface area (Å²) in [6.45, 7) is 4.92. The Morgan fingerprint density at radius 3 is 0.947 bits per heavy atom. The molecule has 0 spiro atoms. The van der Waals surface area contributed by atoms with Gasteiger partial charge in [-0.15, -0.1) is 10.9 Å². The summed E-state index contributed by atoms with van der Waals surface area (Å²) in [5, 5.41) is 20.0. The zero-order valence-electron chi connectivity index (χ0n) is 48.4. The number of fused-ring (bicyclic) bond motifs is 4. The van der Waals surface area contributed by atoms with E-state index in [1.807, 2.05) is 0 Å². The van der Waals surface area contributed by atoms with Crippen molar-refractivity contribution in [2.45, 2.75) is 19.3 Å². The lowest BCUT2D eigenvalue weighted by molar-refractivity contribution is 0.661. The molecule has 12 aromatic carbocycles. The molecule has 0 unspecified atom stereocenters. The average Bonchev–Trinajstić information content (AvgIpc) is 3.65. The molecular weight excluding hydrogens is 879 g/mol. The van der Waals surface area contributed by atoms with Gasteiger partial charge in [0.25, 0.3) is 0 Å². The summed E-state index contributed by atoms with van der Waals surface area (Å²) in [4.78, 5) is 0. The van der Waals surface area contributed by atoms with Gasteiger partial charge in [0.1, 0.15) is 141 Å². The van der Waals surface area contributed by atoms with Crippen LogP contribution in [-0.2, 0) is 5.41 Å². The molecule has 0 radical (unpaired) electrons. The highest BCUT2D eigenvalue weighted by Crippen LogP contribution is 2.52. The van der Waals surface area contributed by atoms with Gasteiger partial charge in [-0.25, -0.2) is 0 Å². The van der Waals surface area contributed by atoms with E-state index in [1.54, 1.807) is 0 Å². The molecule has 1 aliphatic carbocycles. The van der Waals surface area contributed by atoms with Crippen molar-refractivity contribution in [3.05, 3.63) is 83.9 Å². The van der Waals surface area contributed by atoms with Gasteiger partial charge in [-0.3, -0.25) is 0 Å². The van der Waals surface area contributed by atoms with Crippen LogP contribution in [-0.4, -0.2) is 141 Å². The molecular formula is C57H54B18. The lowest BCUT2D eigenvalue weighted by Crippen LogP contribution is -2.48. The maximum absolute atomic E-state index is 2.57. The van der Waals surface area contributed by atoms with Crippen LogP contribution in [0.2, 0.25) is 0 Å². The van der Waals surface area contributed by atoms with E-state index in [4.69, 9.17) is 0 Å². The van der Waals surface area contributed by atoms with Crippen molar-refractivity contribution in [1.82, 2.24) is 0 Å². The number of hydrogen-bond acceptors (Lipinski definition) is 0. The Balaban J connectivity index is 0.990. The molecule has 18 heteroatoms. The molecule has 0 saturated heterocycles. The fraction of sp³-hybridized carbons (Fsp3) is 0.0526. The molecule has 336 valence electrons. The van der Waals surface area contributed by atoms with Gasteiger partial charge in [-0.05, 0) is 143 Å². The molecule has 75 heavy (non-hydrogen) atoms. The van der Waals surface area contributed by atoms with Crippen molar-refractivity contribution in [2.75, 3.05) is 0 Å². The van der Waals surface area contributed by atoms with Gasteiger partial charge in [0.05, 0.1) is 0 Å². The summed E-state index contributed by atoms with van der Waals surface area (Å²) < 4.78 is 0. The maximum atomic E-state index is 2.57. The van der Waals surface area contributed by atoms with Gasteiger partial charge in [0.2, 0.25) is 0 Å². The highest BCUT2D eigenvalue weighted by molar-refractivity contribution is 6.77. The van der Waals surface area contributed by atoms with Gasteiger partial charge < -0.3 is 0 Å². The monoisotopic (exact) mass is 937 g/mol. The van der Waals surface area contributed by atoms with Gasteiger partial charge in [-0.2, -0.15) is 0 Å². The molecule has 0 N–H and O–H groups in total. The Bertz CT molecular complexity index is 4660. The van der Waals surface area contributed by atoms with Crippen LogP contribution in [0.5, 0.6) is 0 Å². The number of rotatable bonds is 3. The summed E-state index contributed by atoms with van der Waals surface area (Å²) in [6, 6.07) is 28.9. The third-order valence-electron chi connectivity index (χ3n) is 21.1. The number of hydrogen-bond donors (Lipinski definition) is 0. The highest BCUT2D eigenvalue weighted by Gasteiger charge is 2.37. The van der Waals surface area contributed by atoms with E-state index in [9.17, 15) is 0 Å². The van der Waals surface area contributed by atoms with Crippen LogP contribution in [0.15, 0.2) is 72.8 Å². The van der Waals surface area contributed by atoms with Crippen LogP contribution >= 0.6 is 0 Å². The van der Waals surface area contributed by atoms with Crippen molar-refractivity contribution >= 4 is 315 Å². The predicted octanol–water partition coefficient (Wildman–Crippen LogP) is -15.4. The van der Waals surface area contributed by atoms with Gasteiger partial charge in [0.15, 0.2) is 0 Å². The Kier molecular flexibility index (Phi) is 10.5. The van der Waals surface area contributed by atoms with Crippen LogP contribution in [0.3, 0.4) is 0 Å². The number of benzene rings is 12. The lowest BCUT2D eigenvalue weighted by Gasteiger charge is -2.29. The van der Waals surface area contributed by atoms with Crippen molar-refractivity contribution in [3.63, 3.8) is 0 Å². The van der Waals surface area contributed by atoms with Gasteiger partial charge in [-0.1, -0.05) is 162 Å². The van der Waals surface area contributed by atoms with Crippen LogP contribution in [0.4, 0.5) is 0 Å². The molecule has 0 bridgehead atoms. The standard InChI is InChI=1S/C57H54B18/c1-57(2)23-13-15(7-9-20(23)21-10-8-16(14-24(21)57)25-31-27-29-35(45(64)41(31)60)51(70)55(74)53(72)37(29)49(68)47(66)33(27)43(62)39(25)58)17-11-12-22(19-6-4-3-5-18(17)19)26-32-28-30-36(46(65)42(32)61)52(71)56(75)54(73)38(30)50(69)48(67)34(28)44(63)40(26)59/h3-14H,58-75H2,1-2H3. The molecule has 0 aliphatic heterocycles. The predicted molar refractivity (Wildman–Crippen MR) is 392 cm³/mol. The molecule has 0 fully saturated rings. The first-order valence-corrected chi connectivity index (χ1v) is 27.7. The first kappa shape index (κ1) is 48.8. The minimum atomic E-state index is -0.207. The van der Waals surface area contributed by atoms with E-state index >= 15 is 0 Å². The van der Waals surface area contributed by atoms with Crippen molar-refractivity contribution in [1.29, 1.82) is 0 Å². The average molecular weight is 934 g/mol. The fourth-order valence-corrected chi connectivity index (χ4v) is 15.9. The molecule has 0 amide bonds. The molecule has 1 aliphatic rings. The van der Waals surface area contributed by atoms with Gasteiger partial charge in [0, 0.05) is 5.41 Å². The molecule has 0 heterocycles. The zero-order valence-corrected chi connectivity index (χ0v) is 48.4. The summed E-state index contributed by atoms with van der Waals surface area (Å²) >= 11 is 0. The topological polar surface area (TPSA) is 0 Å². The molecule has 0 nitrogen and oxygen atoms in total. The lowest BCUT2D eigenvalue weighted by atomic mass is 9.58. The molecule has 0 saturated carbocycles. The summed E-state index contributed by atoms with van der Waals surface area (Å²) in [7, 11) is 42.6. The van der Waals surface area contributed by atoms with E-state index < -0.39 is 0 Å². The summed E-state index contributed by atoms with van der Waals surface area (Å²) in [6.07, 6.45) is 0. The van der Waals surface area contributed by atoms with Crippen molar-refractivity contribution < 1.29 is 0 Å². The van der Waals surface area contributed by atoms with Crippen LogP contribution < -0.4 is 98.3 Å². The SMILES string of the molecule is Bc1c(B)c2c(B)c(B)c3c(B)c(B)c(-c4ccc5c(c4)C(C)(C)c4cc(-c6ccc(-c7c(B)c(B)c8c(B)c(B)c9c(B)c(B)c(B)c%10c(B)c(B)c7c8c9%10)c7ccccc67)ccc4-5)c4c(B)c(B)c(c1B)c2c34. The fourth-order valence-electron chi connectivity index (χ4n) is 15.9. The Labute approximate surface area is 459 Å². The van der Waals surface area contributed by atoms with Crippen LogP contribution in [0.1, 0.15) is 25.0 Å². The Morgan fingerprint density at radius 1 is 0.240 bits per heavy atom. The van der Waals surface area contributed by atoms with Crippen LogP contribution in [0.25, 0.3) is 120 Å². The Hall–Kier alpha value is -5.85. The molecule has 0 atom stereocenters. The summed E-state index contributed by atoms with van der Waals surface area (Å²) in [5.41, 5.74) is 38.8. The van der Waals surface area contributed by atoms with Crippen molar-refractivity contribution in [2.24, 2.45) is 0 Å². The second-order valence-electron chi connectivity index (χ2n) is 24.4. The smallest absolute Gasteiger partial charge is 0.100 e. The zero-order chi connectivity index (χ0) is 53.2. The maximum Gasteiger partial charge on any atom is 0.139 e. The van der Waals surface area contributed by atoms with E-state index in [2.05, 4.69) is 228 Å². The normalized spacial score (nSPS) is 13.2. The second kappa shape index (κ2) is 16.1. The minimum Gasteiger partial charge on any atom is -0.100 e. The van der Waals surface area contributed by atoms with E-state index in [1.165, 1.54) is 229 Å². The van der Waals surface area contributed by atoms with E-state index in [0.717, 1.165) is 0 Å². The van der Waals surface area contributed by atoms with E-state index in [0.29, 0.717) is 0 Å². The van der Waals surface area contributed by atoms with Gasteiger partial charge >= 0.3 is 0 Å². The first-order chi connectivity index (χ1) is 35.5. The first-order valence-electron chi connectivity index (χ1n) is 27.7. The third-order valence-corrected chi connectivity index (χ3v) is 21.1. The quantitative estimate of drug-likeness (QED) is 0.122. The second-order valence-corrected chi connectivity index (χ2v) is 24.4. The minimum absolute atomic E-state index is 0.207. The molecule has 13 rings (SSSR count). The highest BCUT2D eigenvalue weighted by atomic mass is 14.4. The van der Waals surface area contributed by atoms with Crippen LogP contribution in [0, 0.1) is 0 Å². The summed E-state index contributed by atoms with van der Waals surface area (Å²) in [5.74, 6) is 0. The largest absolute Gasteiger partial charge is 0.139 e. The Morgan fingerprint density at radius 2 is 0.520 bits per heavy atom. The molecule has 0 aromatic heterocycles. The van der Waals surface area contributed by atoms with E-state index in [-0.39, 0.29) is 5.41 Å². The van der Waals surface area contributed by atoms with Crippen molar-refractivity contribution in [3.8, 4) is 44.5 Å².